The van der Waals surface area contributed by atoms with Crippen molar-refractivity contribution in [2.45, 2.75) is 56.7 Å². The van der Waals surface area contributed by atoms with E-state index in [-0.39, 0.29) is 5.91 Å². The number of benzene rings is 2. The van der Waals surface area contributed by atoms with Crippen molar-refractivity contribution in [3.05, 3.63) is 71.9 Å². The van der Waals surface area contributed by atoms with Crippen LogP contribution < -0.4 is 15.1 Å². The summed E-state index contributed by atoms with van der Waals surface area (Å²) >= 11 is 0. The predicted molar refractivity (Wildman–Crippen MR) is 159 cm³/mol. The van der Waals surface area contributed by atoms with Gasteiger partial charge in [0.05, 0.1) is 0 Å². The molecule has 8 nitrogen and oxygen atoms in total. The third kappa shape index (κ3) is 4.58. The molecule has 40 heavy (non-hydrogen) atoms. The molecule has 1 amide bonds. The minimum Gasteiger partial charge on any atom is -0.369 e. The minimum atomic E-state index is -0.538. The van der Waals surface area contributed by atoms with Crippen molar-refractivity contribution in [2.75, 3.05) is 54.9 Å². The van der Waals surface area contributed by atoms with Gasteiger partial charge in [0.2, 0.25) is 11.9 Å². The molecular formula is C32H39N7O. The summed E-state index contributed by atoms with van der Waals surface area (Å²) in [5, 5.41) is 3.44. The van der Waals surface area contributed by atoms with Crippen LogP contribution in [-0.2, 0) is 17.8 Å². The average molecular weight is 538 g/mol. The van der Waals surface area contributed by atoms with Crippen LogP contribution in [-0.4, -0.2) is 77.0 Å². The zero-order valence-corrected chi connectivity index (χ0v) is 23.4. The van der Waals surface area contributed by atoms with Gasteiger partial charge in [0.25, 0.3) is 0 Å². The molecule has 3 aromatic rings. The number of likely N-dealkylation sites (N-methyl/N-ethyl adjacent to an activating group) is 1. The first-order valence-electron chi connectivity index (χ1n) is 14.9. The number of rotatable bonds is 6. The number of aromatic nitrogens is 2. The van der Waals surface area contributed by atoms with E-state index in [9.17, 15) is 4.79 Å². The lowest BCUT2D eigenvalue weighted by molar-refractivity contribution is -0.132. The van der Waals surface area contributed by atoms with Crippen LogP contribution in [0.2, 0.25) is 0 Å². The predicted octanol–water partition coefficient (Wildman–Crippen LogP) is 4.45. The molecule has 2 saturated heterocycles. The van der Waals surface area contributed by atoms with E-state index < -0.39 is 5.54 Å². The molecule has 0 bridgehead atoms. The lowest BCUT2D eigenvalue weighted by atomic mass is 9.91. The lowest BCUT2D eigenvalue weighted by Gasteiger charge is -2.39. The minimum absolute atomic E-state index is 0.246. The molecule has 7 rings (SSSR count). The van der Waals surface area contributed by atoms with E-state index in [0.717, 1.165) is 69.1 Å². The SMILES string of the molecule is CN1CCN(c2ccc(Nc3ncc4c(n3)N(C3CCCC3)C3(CCN(Cc5ccccc5)C3=O)C4)cc2)CC1. The third-order valence-corrected chi connectivity index (χ3v) is 9.39. The molecule has 3 fully saturated rings. The maximum Gasteiger partial charge on any atom is 0.249 e. The quantitative estimate of drug-likeness (QED) is 0.498. The number of hydrogen-bond donors (Lipinski definition) is 1. The molecule has 8 heteroatoms. The Morgan fingerprint density at radius 2 is 1.70 bits per heavy atom. The van der Waals surface area contributed by atoms with Crippen molar-refractivity contribution in [3.8, 4) is 0 Å². The smallest absolute Gasteiger partial charge is 0.249 e. The number of carbonyl (C=O) groups excluding carboxylic acids is 1. The van der Waals surface area contributed by atoms with Gasteiger partial charge in [-0.05, 0) is 56.1 Å². The molecule has 4 aliphatic rings. The summed E-state index contributed by atoms with van der Waals surface area (Å²) in [6.07, 6.45) is 8.15. The first-order valence-corrected chi connectivity index (χ1v) is 14.9. The summed E-state index contributed by atoms with van der Waals surface area (Å²) < 4.78 is 0. The molecule has 4 heterocycles. The number of piperazine rings is 1. The van der Waals surface area contributed by atoms with Crippen molar-refractivity contribution in [1.82, 2.24) is 19.8 Å². The van der Waals surface area contributed by atoms with Gasteiger partial charge in [0, 0.05) is 74.9 Å². The fraction of sp³-hybridized carbons (Fsp3) is 0.469. The normalized spacial score (nSPS) is 23.4. The van der Waals surface area contributed by atoms with Crippen LogP contribution in [0.15, 0.2) is 60.8 Å². The van der Waals surface area contributed by atoms with Crippen molar-refractivity contribution in [3.63, 3.8) is 0 Å². The van der Waals surface area contributed by atoms with Crippen molar-refractivity contribution in [2.24, 2.45) is 0 Å². The van der Waals surface area contributed by atoms with Gasteiger partial charge >= 0.3 is 0 Å². The Morgan fingerprint density at radius 3 is 2.45 bits per heavy atom. The molecule has 1 saturated carbocycles. The average Bonchev–Trinajstić information content (AvgIpc) is 3.69. The number of hydrogen-bond acceptors (Lipinski definition) is 7. The summed E-state index contributed by atoms with van der Waals surface area (Å²) in [6.45, 7) is 5.74. The highest BCUT2D eigenvalue weighted by molar-refractivity contribution is 5.94. The summed E-state index contributed by atoms with van der Waals surface area (Å²) in [7, 11) is 2.18. The summed E-state index contributed by atoms with van der Waals surface area (Å²) in [5.74, 6) is 1.79. The summed E-state index contributed by atoms with van der Waals surface area (Å²) in [5.41, 5.74) is 3.97. The molecular weight excluding hydrogens is 498 g/mol. The maximum absolute atomic E-state index is 14.1. The Hall–Kier alpha value is -3.65. The second-order valence-electron chi connectivity index (χ2n) is 12.0. The molecule has 1 aromatic heterocycles. The molecule has 1 aliphatic carbocycles. The largest absolute Gasteiger partial charge is 0.369 e. The molecule has 1 unspecified atom stereocenters. The van der Waals surface area contributed by atoms with Gasteiger partial charge in [-0.15, -0.1) is 0 Å². The topological polar surface area (TPSA) is 67.8 Å². The fourth-order valence-corrected chi connectivity index (χ4v) is 7.19. The van der Waals surface area contributed by atoms with Gasteiger partial charge < -0.3 is 24.9 Å². The first-order chi connectivity index (χ1) is 19.6. The lowest BCUT2D eigenvalue weighted by Crippen LogP contribution is -2.56. The van der Waals surface area contributed by atoms with Crippen LogP contribution in [0, 0.1) is 0 Å². The number of fused-ring (bicyclic) bond motifs is 1. The molecule has 0 radical (unpaired) electrons. The van der Waals surface area contributed by atoms with Crippen LogP contribution in [0.1, 0.15) is 43.2 Å². The highest BCUT2D eigenvalue weighted by Crippen LogP contribution is 2.48. The zero-order chi connectivity index (χ0) is 27.1. The Bertz CT molecular complexity index is 1350. The number of carbonyl (C=O) groups is 1. The van der Waals surface area contributed by atoms with E-state index in [1.807, 2.05) is 24.4 Å². The van der Waals surface area contributed by atoms with Gasteiger partial charge in [-0.1, -0.05) is 43.2 Å². The highest BCUT2D eigenvalue weighted by atomic mass is 16.2. The number of anilines is 4. The number of amides is 1. The molecule has 3 aliphatic heterocycles. The van der Waals surface area contributed by atoms with E-state index >= 15 is 0 Å². The van der Waals surface area contributed by atoms with E-state index in [1.54, 1.807) is 0 Å². The van der Waals surface area contributed by atoms with Crippen LogP contribution in [0.5, 0.6) is 0 Å². The van der Waals surface area contributed by atoms with Crippen LogP contribution in [0.4, 0.5) is 23.1 Å². The Balaban J connectivity index is 1.12. The fourth-order valence-electron chi connectivity index (χ4n) is 7.19. The van der Waals surface area contributed by atoms with E-state index in [0.29, 0.717) is 25.0 Å². The molecule has 208 valence electrons. The van der Waals surface area contributed by atoms with Gasteiger partial charge in [0.15, 0.2) is 0 Å². The summed E-state index contributed by atoms with van der Waals surface area (Å²) in [6, 6.07) is 19.3. The van der Waals surface area contributed by atoms with Crippen molar-refractivity contribution < 1.29 is 4.79 Å². The van der Waals surface area contributed by atoms with Gasteiger partial charge in [-0.3, -0.25) is 4.79 Å². The third-order valence-electron chi connectivity index (χ3n) is 9.39. The van der Waals surface area contributed by atoms with Gasteiger partial charge in [-0.25, -0.2) is 4.98 Å². The number of likely N-dealkylation sites (tertiary alicyclic amines) is 1. The van der Waals surface area contributed by atoms with E-state index in [1.165, 1.54) is 24.1 Å². The Morgan fingerprint density at radius 1 is 0.950 bits per heavy atom. The van der Waals surface area contributed by atoms with Crippen molar-refractivity contribution >= 4 is 29.0 Å². The van der Waals surface area contributed by atoms with Crippen LogP contribution in [0.3, 0.4) is 0 Å². The van der Waals surface area contributed by atoms with E-state index in [2.05, 4.69) is 68.4 Å². The highest BCUT2D eigenvalue weighted by Gasteiger charge is 2.57. The van der Waals surface area contributed by atoms with Gasteiger partial charge in [0.1, 0.15) is 11.4 Å². The second kappa shape index (κ2) is 10.4. The Labute approximate surface area is 237 Å². The number of nitrogens with one attached hydrogen (secondary N) is 1. The molecule has 1 spiro atoms. The molecule has 1 atom stereocenters. The maximum atomic E-state index is 14.1. The monoisotopic (exact) mass is 537 g/mol. The summed E-state index contributed by atoms with van der Waals surface area (Å²) in [4.78, 5) is 33.2. The Kier molecular flexibility index (Phi) is 6.58. The molecule has 2 aromatic carbocycles. The van der Waals surface area contributed by atoms with E-state index in [4.69, 9.17) is 9.97 Å². The molecule has 1 N–H and O–H groups in total. The van der Waals surface area contributed by atoms with Gasteiger partial charge in [-0.2, -0.15) is 4.98 Å². The van der Waals surface area contributed by atoms with Crippen molar-refractivity contribution in [1.29, 1.82) is 0 Å². The first kappa shape index (κ1) is 25.3. The standard InChI is InChI=1S/C32H39N7O/c1-36-17-19-37(20-18-36)27-13-11-26(12-14-27)34-31-33-22-25-21-32(39(29(25)35-31)28-9-5-6-10-28)15-16-38(30(32)40)23-24-7-3-2-4-8-24/h2-4,7-8,11-14,22,28H,5-6,9-10,15-21,23H2,1H3,(H,33,34,35). The van der Waals surface area contributed by atoms with Crippen LogP contribution in [0.25, 0.3) is 0 Å². The number of nitrogens with zero attached hydrogens (tertiary/aromatic N) is 6. The zero-order valence-electron chi connectivity index (χ0n) is 23.4. The van der Waals surface area contributed by atoms with Crippen LogP contribution >= 0.6 is 0 Å². The second-order valence-corrected chi connectivity index (χ2v) is 12.0.